The molecule has 0 fully saturated rings. The lowest BCUT2D eigenvalue weighted by atomic mass is 9.84. The lowest BCUT2D eigenvalue weighted by molar-refractivity contribution is 0.0880. The lowest BCUT2D eigenvalue weighted by Crippen LogP contribution is -2.44. The third-order valence-corrected chi connectivity index (χ3v) is 3.33. The lowest BCUT2D eigenvalue weighted by Gasteiger charge is -2.31. The van der Waals surface area contributed by atoms with Crippen molar-refractivity contribution in [2.75, 3.05) is 13.7 Å². The van der Waals surface area contributed by atoms with E-state index < -0.39 is 0 Å². The summed E-state index contributed by atoms with van der Waals surface area (Å²) in [6, 6.07) is 7.33. The number of amides is 1. The van der Waals surface area contributed by atoms with Crippen molar-refractivity contribution in [1.29, 1.82) is 0 Å². The van der Waals surface area contributed by atoms with Crippen LogP contribution in [0.2, 0.25) is 0 Å². The van der Waals surface area contributed by atoms with Crippen molar-refractivity contribution >= 4 is 5.91 Å². The Bertz CT molecular complexity index is 438. The third kappa shape index (κ3) is 4.62. The summed E-state index contributed by atoms with van der Waals surface area (Å²) < 4.78 is 5.12. The van der Waals surface area contributed by atoms with Gasteiger partial charge in [-0.2, -0.15) is 0 Å². The summed E-state index contributed by atoms with van der Waals surface area (Å²) in [7, 11) is 1.61. The number of ether oxygens (including phenoxy) is 1. The molecule has 0 heterocycles. The van der Waals surface area contributed by atoms with E-state index in [1.807, 2.05) is 18.2 Å². The topological polar surface area (TPSA) is 58.6 Å². The van der Waals surface area contributed by atoms with Crippen LogP contribution in [0.25, 0.3) is 0 Å². The van der Waals surface area contributed by atoms with Crippen LogP contribution in [0.3, 0.4) is 0 Å². The summed E-state index contributed by atoms with van der Waals surface area (Å²) in [6.45, 7) is 6.61. The zero-order chi connectivity index (χ0) is 15.2. The van der Waals surface area contributed by atoms with Gasteiger partial charge in [0.15, 0.2) is 0 Å². The van der Waals surface area contributed by atoms with E-state index in [4.69, 9.17) is 9.84 Å². The average molecular weight is 279 g/mol. The summed E-state index contributed by atoms with van der Waals surface area (Å²) in [5.74, 6) is -0.119. The number of hydrogen-bond donors (Lipinski definition) is 2. The van der Waals surface area contributed by atoms with Gasteiger partial charge in [0.2, 0.25) is 0 Å². The van der Waals surface area contributed by atoms with E-state index in [1.165, 1.54) is 0 Å². The largest absolute Gasteiger partial charge is 0.396 e. The fourth-order valence-corrected chi connectivity index (χ4v) is 2.11. The number of methoxy groups -OCH3 is 1. The molecule has 0 aliphatic carbocycles. The predicted octanol–water partition coefficient (Wildman–Crippen LogP) is 2.36. The van der Waals surface area contributed by atoms with Crippen LogP contribution in [0.5, 0.6) is 0 Å². The molecule has 112 valence electrons. The summed E-state index contributed by atoms with van der Waals surface area (Å²) in [6.07, 6.45) is 0.543. The minimum atomic E-state index is -0.119. The van der Waals surface area contributed by atoms with Crippen molar-refractivity contribution in [1.82, 2.24) is 5.32 Å². The molecule has 1 unspecified atom stereocenters. The van der Waals surface area contributed by atoms with E-state index in [-0.39, 0.29) is 24.0 Å². The second-order valence-corrected chi connectivity index (χ2v) is 5.99. The smallest absolute Gasteiger partial charge is 0.251 e. The first-order valence-electron chi connectivity index (χ1n) is 6.88. The monoisotopic (exact) mass is 279 g/mol. The molecule has 4 heteroatoms. The fraction of sp³-hybridized carbons (Fsp3) is 0.562. The maximum atomic E-state index is 12.4. The SMILES string of the molecule is COCc1ccccc1C(=O)NC(CCO)C(C)(C)C. The Morgan fingerprint density at radius 1 is 1.35 bits per heavy atom. The van der Waals surface area contributed by atoms with Crippen molar-refractivity contribution in [3.8, 4) is 0 Å². The number of carbonyl (C=O) groups is 1. The summed E-state index contributed by atoms with van der Waals surface area (Å²) in [5.41, 5.74) is 1.39. The molecule has 0 aliphatic heterocycles. The quantitative estimate of drug-likeness (QED) is 0.840. The first-order valence-corrected chi connectivity index (χ1v) is 6.88. The molecule has 0 saturated heterocycles. The minimum absolute atomic E-state index is 0.0575. The van der Waals surface area contributed by atoms with E-state index in [2.05, 4.69) is 26.1 Å². The molecule has 1 aromatic rings. The molecule has 0 bridgehead atoms. The van der Waals surface area contributed by atoms with Crippen LogP contribution in [-0.2, 0) is 11.3 Å². The Hall–Kier alpha value is -1.39. The molecule has 0 aromatic heterocycles. The molecule has 1 aromatic carbocycles. The molecule has 0 spiro atoms. The fourth-order valence-electron chi connectivity index (χ4n) is 2.11. The maximum absolute atomic E-state index is 12.4. The number of nitrogens with one attached hydrogen (secondary N) is 1. The highest BCUT2D eigenvalue weighted by molar-refractivity contribution is 5.95. The van der Waals surface area contributed by atoms with Gasteiger partial charge in [0.1, 0.15) is 0 Å². The molecule has 2 N–H and O–H groups in total. The minimum Gasteiger partial charge on any atom is -0.396 e. The number of hydrogen-bond acceptors (Lipinski definition) is 3. The number of aliphatic hydroxyl groups excluding tert-OH is 1. The van der Waals surface area contributed by atoms with Gasteiger partial charge >= 0.3 is 0 Å². The third-order valence-electron chi connectivity index (χ3n) is 3.33. The van der Waals surface area contributed by atoms with Crippen LogP contribution >= 0.6 is 0 Å². The molecule has 0 aliphatic rings. The second-order valence-electron chi connectivity index (χ2n) is 5.99. The summed E-state index contributed by atoms with van der Waals surface area (Å²) in [4.78, 5) is 12.4. The normalized spacial score (nSPS) is 13.1. The standard InChI is InChI=1S/C16H25NO3/c1-16(2,3)14(9-10-18)17-15(19)13-8-6-5-7-12(13)11-20-4/h5-8,14,18H,9-11H2,1-4H3,(H,17,19). The van der Waals surface area contributed by atoms with Crippen molar-refractivity contribution in [2.24, 2.45) is 5.41 Å². The predicted molar refractivity (Wildman–Crippen MR) is 79.6 cm³/mol. The van der Waals surface area contributed by atoms with Gasteiger partial charge < -0.3 is 15.2 Å². The van der Waals surface area contributed by atoms with Gasteiger partial charge in [-0.3, -0.25) is 4.79 Å². The maximum Gasteiger partial charge on any atom is 0.251 e. The zero-order valence-electron chi connectivity index (χ0n) is 12.8. The molecule has 1 amide bonds. The van der Waals surface area contributed by atoms with Crippen LogP contribution in [0.4, 0.5) is 0 Å². The molecule has 1 atom stereocenters. The summed E-state index contributed by atoms with van der Waals surface area (Å²) in [5, 5.41) is 12.2. The van der Waals surface area contributed by atoms with E-state index in [9.17, 15) is 4.79 Å². The molecule has 0 saturated carbocycles. The van der Waals surface area contributed by atoms with Gasteiger partial charge in [0.25, 0.3) is 5.91 Å². The molecular formula is C16H25NO3. The molecule has 4 nitrogen and oxygen atoms in total. The van der Waals surface area contributed by atoms with E-state index in [0.717, 1.165) is 5.56 Å². The molecule has 0 radical (unpaired) electrons. The van der Waals surface area contributed by atoms with E-state index in [0.29, 0.717) is 18.6 Å². The van der Waals surface area contributed by atoms with Crippen LogP contribution in [0.15, 0.2) is 24.3 Å². The van der Waals surface area contributed by atoms with Crippen molar-refractivity contribution in [2.45, 2.75) is 39.8 Å². The van der Waals surface area contributed by atoms with E-state index >= 15 is 0 Å². The van der Waals surface area contributed by atoms with Crippen LogP contribution < -0.4 is 5.32 Å². The number of aliphatic hydroxyl groups is 1. The van der Waals surface area contributed by atoms with Gasteiger partial charge in [-0.05, 0) is 23.5 Å². The van der Waals surface area contributed by atoms with Crippen LogP contribution in [0, 0.1) is 5.41 Å². The average Bonchev–Trinajstić information content (AvgIpc) is 2.38. The Morgan fingerprint density at radius 3 is 2.55 bits per heavy atom. The zero-order valence-corrected chi connectivity index (χ0v) is 12.8. The Labute approximate surface area is 121 Å². The van der Waals surface area contributed by atoms with Crippen LogP contribution in [-0.4, -0.2) is 30.8 Å². The highest BCUT2D eigenvalue weighted by atomic mass is 16.5. The first-order chi connectivity index (χ1) is 9.40. The first kappa shape index (κ1) is 16.7. The Morgan fingerprint density at radius 2 is 2.00 bits per heavy atom. The van der Waals surface area contributed by atoms with Gasteiger partial charge in [-0.1, -0.05) is 39.0 Å². The molecule has 1 rings (SSSR count). The van der Waals surface area contributed by atoms with E-state index in [1.54, 1.807) is 13.2 Å². The number of rotatable bonds is 6. The van der Waals surface area contributed by atoms with Crippen molar-refractivity contribution in [3.63, 3.8) is 0 Å². The highest BCUT2D eigenvalue weighted by Gasteiger charge is 2.26. The number of carbonyl (C=O) groups excluding carboxylic acids is 1. The Balaban J connectivity index is 2.89. The van der Waals surface area contributed by atoms with Gasteiger partial charge in [-0.25, -0.2) is 0 Å². The van der Waals surface area contributed by atoms with Crippen LogP contribution in [0.1, 0.15) is 43.1 Å². The molecule has 20 heavy (non-hydrogen) atoms. The summed E-state index contributed by atoms with van der Waals surface area (Å²) >= 11 is 0. The second kappa shape index (κ2) is 7.41. The van der Waals surface area contributed by atoms with Gasteiger partial charge in [-0.15, -0.1) is 0 Å². The van der Waals surface area contributed by atoms with Gasteiger partial charge in [0.05, 0.1) is 6.61 Å². The molecular weight excluding hydrogens is 254 g/mol. The van der Waals surface area contributed by atoms with Crippen molar-refractivity contribution in [3.05, 3.63) is 35.4 Å². The van der Waals surface area contributed by atoms with Gasteiger partial charge in [0, 0.05) is 25.3 Å². The highest BCUT2D eigenvalue weighted by Crippen LogP contribution is 2.22. The van der Waals surface area contributed by atoms with Crippen molar-refractivity contribution < 1.29 is 14.6 Å². The Kier molecular flexibility index (Phi) is 6.17. The number of benzene rings is 1.